The lowest BCUT2D eigenvalue weighted by Gasteiger charge is -2.23. The van der Waals surface area contributed by atoms with E-state index in [0.29, 0.717) is 0 Å². The summed E-state index contributed by atoms with van der Waals surface area (Å²) < 4.78 is 0. The molecule has 0 aromatic carbocycles. The lowest BCUT2D eigenvalue weighted by Crippen LogP contribution is -2.44. The molecule has 0 aliphatic rings. The molecule has 0 saturated heterocycles. The largest absolute Gasteiger partial charge is 0.479 e. The van der Waals surface area contributed by atoms with Crippen LogP contribution < -0.4 is 5.73 Å². The van der Waals surface area contributed by atoms with Gasteiger partial charge in [-0.15, -0.1) is 0 Å². The number of carboxylic acid groups (broad SMARTS) is 1. The Morgan fingerprint density at radius 3 is 2.30 bits per heavy atom. The maximum Gasteiger partial charge on any atom is 0.335 e. The van der Waals surface area contributed by atoms with Gasteiger partial charge in [0.25, 0.3) is 0 Å². The molecule has 0 bridgehead atoms. The molecule has 0 aliphatic carbocycles. The third-order valence-corrected chi connectivity index (χ3v) is 1.75. The fraction of sp³-hybridized carbons (Fsp3) is 0.833. The first-order chi connectivity index (χ1) is 4.42. The summed E-state index contributed by atoms with van der Waals surface area (Å²) in [5.41, 5.74) is 3.47. The van der Waals surface area contributed by atoms with Crippen molar-refractivity contribution < 1.29 is 15.0 Å². The zero-order valence-electron chi connectivity index (χ0n) is 6.16. The SMILES string of the molecule is CC(CN)C(C)(O)C(=O)O. The van der Waals surface area contributed by atoms with Gasteiger partial charge in [0.1, 0.15) is 0 Å². The molecule has 0 saturated carbocycles. The zero-order valence-corrected chi connectivity index (χ0v) is 6.16. The molecule has 0 spiro atoms. The second-order valence-corrected chi connectivity index (χ2v) is 2.59. The quantitative estimate of drug-likeness (QED) is 0.498. The number of nitrogens with two attached hydrogens (primary N) is 1. The number of carbonyl (C=O) groups is 1. The minimum absolute atomic E-state index is 0.166. The predicted octanol–water partition coefficient (Wildman–Crippen LogP) is -0.583. The van der Waals surface area contributed by atoms with Crippen LogP contribution in [0.2, 0.25) is 0 Å². The smallest absolute Gasteiger partial charge is 0.335 e. The maximum absolute atomic E-state index is 10.3. The van der Waals surface area contributed by atoms with Crippen LogP contribution in [0, 0.1) is 5.92 Å². The summed E-state index contributed by atoms with van der Waals surface area (Å²) in [5.74, 6) is -1.66. The van der Waals surface area contributed by atoms with E-state index in [1.54, 1.807) is 6.92 Å². The minimum atomic E-state index is -1.70. The molecule has 2 unspecified atom stereocenters. The van der Waals surface area contributed by atoms with E-state index in [1.807, 2.05) is 0 Å². The molecule has 0 rings (SSSR count). The molecule has 4 N–H and O–H groups in total. The fourth-order valence-electron chi connectivity index (χ4n) is 0.440. The number of hydrogen-bond acceptors (Lipinski definition) is 3. The highest BCUT2D eigenvalue weighted by atomic mass is 16.4. The molecular weight excluding hydrogens is 134 g/mol. The highest BCUT2D eigenvalue weighted by Crippen LogP contribution is 2.14. The second kappa shape index (κ2) is 2.98. The lowest BCUT2D eigenvalue weighted by molar-refractivity contribution is -0.161. The van der Waals surface area contributed by atoms with Gasteiger partial charge in [0.15, 0.2) is 5.60 Å². The standard InChI is InChI=1S/C6H13NO3/c1-4(3-7)6(2,10)5(8)9/h4,10H,3,7H2,1-2H3,(H,8,9). The van der Waals surface area contributed by atoms with Gasteiger partial charge >= 0.3 is 5.97 Å². The van der Waals surface area contributed by atoms with Crippen molar-refractivity contribution in [3.05, 3.63) is 0 Å². The first-order valence-corrected chi connectivity index (χ1v) is 3.08. The van der Waals surface area contributed by atoms with E-state index in [-0.39, 0.29) is 6.54 Å². The Hall–Kier alpha value is -0.610. The number of rotatable bonds is 3. The van der Waals surface area contributed by atoms with Crippen molar-refractivity contribution >= 4 is 5.97 Å². The van der Waals surface area contributed by atoms with Crippen LogP contribution >= 0.6 is 0 Å². The number of carboxylic acids is 1. The van der Waals surface area contributed by atoms with Gasteiger partial charge in [-0.25, -0.2) is 4.79 Å². The van der Waals surface area contributed by atoms with E-state index in [1.165, 1.54) is 6.92 Å². The Balaban J connectivity index is 4.23. The van der Waals surface area contributed by atoms with E-state index in [0.717, 1.165) is 0 Å². The summed E-state index contributed by atoms with van der Waals surface area (Å²) in [7, 11) is 0. The Kier molecular flexibility index (Phi) is 2.80. The Bertz CT molecular complexity index is 133. The van der Waals surface area contributed by atoms with E-state index in [4.69, 9.17) is 10.8 Å². The summed E-state index contributed by atoms with van der Waals surface area (Å²) in [6.07, 6.45) is 0. The number of hydrogen-bond donors (Lipinski definition) is 3. The van der Waals surface area contributed by atoms with E-state index < -0.39 is 17.5 Å². The van der Waals surface area contributed by atoms with Gasteiger partial charge in [-0.05, 0) is 13.5 Å². The molecule has 4 heteroatoms. The van der Waals surface area contributed by atoms with Crippen molar-refractivity contribution in [1.82, 2.24) is 0 Å². The van der Waals surface area contributed by atoms with Gasteiger partial charge in [0.2, 0.25) is 0 Å². The van der Waals surface area contributed by atoms with Crippen LogP contribution in [0.1, 0.15) is 13.8 Å². The highest BCUT2D eigenvalue weighted by molar-refractivity contribution is 5.76. The molecule has 60 valence electrons. The molecule has 0 aliphatic heterocycles. The van der Waals surface area contributed by atoms with Crippen LogP contribution in [-0.2, 0) is 4.79 Å². The summed E-state index contributed by atoms with van der Waals surface area (Å²) in [6, 6.07) is 0. The van der Waals surface area contributed by atoms with Gasteiger partial charge in [-0.2, -0.15) is 0 Å². The molecule has 0 aromatic heterocycles. The average molecular weight is 147 g/mol. The predicted molar refractivity (Wildman–Crippen MR) is 36.5 cm³/mol. The first kappa shape index (κ1) is 9.39. The Labute approximate surface area is 59.7 Å². The van der Waals surface area contributed by atoms with Crippen molar-refractivity contribution in [3.63, 3.8) is 0 Å². The van der Waals surface area contributed by atoms with Crippen LogP contribution in [0.25, 0.3) is 0 Å². The molecule has 0 amide bonds. The summed E-state index contributed by atoms with van der Waals surface area (Å²) in [6.45, 7) is 3.00. The summed E-state index contributed by atoms with van der Waals surface area (Å²) in [5, 5.41) is 17.6. The number of aliphatic carboxylic acids is 1. The van der Waals surface area contributed by atoms with Crippen molar-refractivity contribution in [2.75, 3.05) is 6.54 Å². The molecule has 0 aromatic rings. The van der Waals surface area contributed by atoms with Crippen molar-refractivity contribution in [2.45, 2.75) is 19.4 Å². The Morgan fingerprint density at radius 1 is 1.80 bits per heavy atom. The topological polar surface area (TPSA) is 83.5 Å². The normalized spacial score (nSPS) is 19.6. The summed E-state index contributed by atoms with van der Waals surface area (Å²) in [4.78, 5) is 10.3. The lowest BCUT2D eigenvalue weighted by atomic mass is 9.91. The number of aliphatic hydroxyl groups is 1. The third-order valence-electron chi connectivity index (χ3n) is 1.75. The second-order valence-electron chi connectivity index (χ2n) is 2.59. The molecule has 4 nitrogen and oxygen atoms in total. The van der Waals surface area contributed by atoms with Crippen molar-refractivity contribution in [3.8, 4) is 0 Å². The first-order valence-electron chi connectivity index (χ1n) is 3.08. The maximum atomic E-state index is 10.3. The molecule has 10 heavy (non-hydrogen) atoms. The average Bonchev–Trinajstić information content (AvgIpc) is 1.86. The van der Waals surface area contributed by atoms with Gasteiger partial charge in [0.05, 0.1) is 0 Å². The van der Waals surface area contributed by atoms with Gasteiger partial charge in [-0.1, -0.05) is 6.92 Å². The molecule has 2 atom stereocenters. The van der Waals surface area contributed by atoms with Crippen molar-refractivity contribution in [2.24, 2.45) is 11.7 Å². The Morgan fingerprint density at radius 2 is 2.20 bits per heavy atom. The van der Waals surface area contributed by atoms with Gasteiger partial charge in [-0.3, -0.25) is 0 Å². The van der Waals surface area contributed by atoms with Crippen LogP contribution in [0.5, 0.6) is 0 Å². The van der Waals surface area contributed by atoms with Gasteiger partial charge in [0, 0.05) is 5.92 Å². The molecule has 0 fully saturated rings. The highest BCUT2D eigenvalue weighted by Gasteiger charge is 2.35. The van der Waals surface area contributed by atoms with Crippen LogP contribution in [0.4, 0.5) is 0 Å². The minimum Gasteiger partial charge on any atom is -0.479 e. The van der Waals surface area contributed by atoms with Crippen molar-refractivity contribution in [1.29, 1.82) is 0 Å². The van der Waals surface area contributed by atoms with Gasteiger partial charge < -0.3 is 15.9 Å². The third kappa shape index (κ3) is 1.68. The molecule has 0 heterocycles. The van der Waals surface area contributed by atoms with E-state index >= 15 is 0 Å². The summed E-state index contributed by atoms with van der Waals surface area (Å²) >= 11 is 0. The van der Waals surface area contributed by atoms with E-state index in [2.05, 4.69) is 0 Å². The zero-order chi connectivity index (χ0) is 8.36. The monoisotopic (exact) mass is 147 g/mol. The van der Waals surface area contributed by atoms with Crippen LogP contribution in [0.15, 0.2) is 0 Å². The fourth-order valence-corrected chi connectivity index (χ4v) is 0.440. The van der Waals surface area contributed by atoms with Crippen LogP contribution in [-0.4, -0.2) is 28.3 Å². The molecular formula is C6H13NO3. The van der Waals surface area contributed by atoms with Crippen LogP contribution in [0.3, 0.4) is 0 Å². The molecule has 0 radical (unpaired) electrons. The van der Waals surface area contributed by atoms with E-state index in [9.17, 15) is 9.90 Å².